The molecule has 110 valence electrons. The molecule has 1 aromatic rings. The van der Waals surface area contributed by atoms with Crippen LogP contribution in [0, 0.1) is 5.82 Å². The Morgan fingerprint density at radius 1 is 1.35 bits per heavy atom. The van der Waals surface area contributed by atoms with Gasteiger partial charge in [0, 0.05) is 0 Å². The van der Waals surface area contributed by atoms with Crippen molar-refractivity contribution in [2.45, 2.75) is 46.3 Å². The minimum Gasteiger partial charge on any atom is -0.462 e. The van der Waals surface area contributed by atoms with Gasteiger partial charge in [-0.2, -0.15) is 0 Å². The highest BCUT2D eigenvalue weighted by molar-refractivity contribution is 6.04. The van der Waals surface area contributed by atoms with E-state index in [2.05, 4.69) is 10.3 Å². The third-order valence-electron chi connectivity index (χ3n) is 2.61. The molecule has 0 aliphatic rings. The molecule has 1 rings (SSSR count). The molecule has 0 aliphatic heterocycles. The molecule has 20 heavy (non-hydrogen) atoms. The summed E-state index contributed by atoms with van der Waals surface area (Å²) >= 11 is 0. The van der Waals surface area contributed by atoms with Gasteiger partial charge in [0.1, 0.15) is 5.82 Å². The Hall–Kier alpha value is -1.91. The van der Waals surface area contributed by atoms with Gasteiger partial charge in [0.2, 0.25) is 0 Å². The molecule has 4 nitrogen and oxygen atoms in total. The number of hydrogen-bond donors (Lipinski definition) is 1. The van der Waals surface area contributed by atoms with Gasteiger partial charge >= 0.3 is 0 Å². The van der Waals surface area contributed by atoms with E-state index in [1.807, 2.05) is 27.7 Å². The summed E-state index contributed by atoms with van der Waals surface area (Å²) in [4.78, 5) is 16.3. The lowest BCUT2D eigenvalue weighted by atomic mass is 10.2. The van der Waals surface area contributed by atoms with Crippen LogP contribution in [-0.4, -0.2) is 24.1 Å². The zero-order chi connectivity index (χ0) is 15.1. The Kier molecular flexibility index (Phi) is 6.15. The van der Waals surface area contributed by atoms with Crippen molar-refractivity contribution >= 4 is 11.9 Å². The van der Waals surface area contributed by atoms with Gasteiger partial charge in [-0.15, -0.1) is 0 Å². The van der Waals surface area contributed by atoms with Crippen LogP contribution in [0.2, 0.25) is 0 Å². The maximum atomic E-state index is 13.5. The molecule has 0 heterocycles. The minimum absolute atomic E-state index is 0.0182. The van der Waals surface area contributed by atoms with E-state index in [1.54, 1.807) is 6.07 Å². The van der Waals surface area contributed by atoms with Crippen LogP contribution in [0.4, 0.5) is 4.39 Å². The lowest BCUT2D eigenvalue weighted by Gasteiger charge is -2.15. The highest BCUT2D eigenvalue weighted by Gasteiger charge is 2.15. The maximum absolute atomic E-state index is 13.5. The van der Waals surface area contributed by atoms with E-state index in [9.17, 15) is 9.18 Å². The van der Waals surface area contributed by atoms with Crippen LogP contribution >= 0.6 is 0 Å². The number of nitrogens with one attached hydrogen (secondary N) is 1. The molecule has 1 amide bonds. The normalized spacial score (nSPS) is 13.2. The number of nitrogens with zero attached hydrogens (tertiary/aromatic N) is 1. The number of ether oxygens (including phenoxy) is 1. The zero-order valence-electron chi connectivity index (χ0n) is 12.3. The summed E-state index contributed by atoms with van der Waals surface area (Å²) in [5.74, 6) is -1.14. The third-order valence-corrected chi connectivity index (χ3v) is 2.61. The smallest absolute Gasteiger partial charge is 0.292 e. The molecule has 0 bridgehead atoms. The molecule has 5 heteroatoms. The monoisotopic (exact) mass is 280 g/mol. The van der Waals surface area contributed by atoms with Gasteiger partial charge in [0.05, 0.1) is 17.7 Å². The van der Waals surface area contributed by atoms with Crippen molar-refractivity contribution in [2.24, 2.45) is 4.99 Å². The van der Waals surface area contributed by atoms with E-state index in [0.29, 0.717) is 0 Å². The van der Waals surface area contributed by atoms with E-state index in [1.165, 1.54) is 18.2 Å². The second-order valence-electron chi connectivity index (χ2n) is 4.79. The number of amides is 1. The molecule has 0 spiro atoms. The van der Waals surface area contributed by atoms with Crippen LogP contribution in [0.25, 0.3) is 0 Å². The number of carbonyl (C=O) groups excluding carboxylic acids is 1. The molecular formula is C15H21FN2O2. The summed E-state index contributed by atoms with van der Waals surface area (Å²) in [5.41, 5.74) is -0.0308. The summed E-state index contributed by atoms with van der Waals surface area (Å²) in [6, 6.07) is 5.94. The molecule has 1 aromatic carbocycles. The van der Waals surface area contributed by atoms with E-state index >= 15 is 0 Å². The van der Waals surface area contributed by atoms with Crippen LogP contribution in [0.3, 0.4) is 0 Å². The Morgan fingerprint density at radius 2 is 2.00 bits per heavy atom. The van der Waals surface area contributed by atoms with E-state index in [4.69, 9.17) is 4.74 Å². The van der Waals surface area contributed by atoms with Crippen LogP contribution in [-0.2, 0) is 4.74 Å². The number of rotatable bonds is 4. The number of benzene rings is 1. The van der Waals surface area contributed by atoms with Crippen LogP contribution in [0.1, 0.15) is 44.5 Å². The van der Waals surface area contributed by atoms with Gasteiger partial charge in [-0.25, -0.2) is 9.38 Å². The quantitative estimate of drug-likeness (QED) is 0.680. The maximum Gasteiger partial charge on any atom is 0.292 e. The SMILES string of the molecule is CC[C@@H](C)N=C(NC(=O)c1ccccc1F)OC(C)C. The minimum atomic E-state index is -0.572. The first-order valence-corrected chi connectivity index (χ1v) is 6.74. The van der Waals surface area contributed by atoms with Crippen LogP contribution in [0.15, 0.2) is 29.3 Å². The first-order valence-electron chi connectivity index (χ1n) is 6.74. The number of carbonyl (C=O) groups is 1. The van der Waals surface area contributed by atoms with Gasteiger partial charge in [-0.05, 0) is 39.3 Å². The highest BCUT2D eigenvalue weighted by Crippen LogP contribution is 2.06. The fraction of sp³-hybridized carbons (Fsp3) is 0.467. The summed E-state index contributed by atoms with van der Waals surface area (Å²) in [7, 11) is 0. The number of halogens is 1. The van der Waals surface area contributed by atoms with Gasteiger partial charge < -0.3 is 4.74 Å². The Bertz CT molecular complexity index is 487. The largest absolute Gasteiger partial charge is 0.462 e. The fourth-order valence-electron chi connectivity index (χ4n) is 1.42. The fourth-order valence-corrected chi connectivity index (χ4v) is 1.42. The van der Waals surface area contributed by atoms with Gasteiger partial charge in [-0.1, -0.05) is 19.1 Å². The molecule has 0 saturated carbocycles. The molecular weight excluding hydrogens is 259 g/mol. The standard InChI is InChI=1S/C15H21FN2O2/c1-5-11(4)17-15(20-10(2)3)18-14(19)12-8-6-7-9-13(12)16/h6-11H,5H2,1-4H3,(H,17,18,19)/t11-/m1/s1. The summed E-state index contributed by atoms with van der Waals surface area (Å²) in [6.45, 7) is 7.57. The van der Waals surface area contributed by atoms with Crippen molar-refractivity contribution in [1.29, 1.82) is 0 Å². The molecule has 1 atom stereocenters. The zero-order valence-corrected chi connectivity index (χ0v) is 12.3. The molecule has 0 aliphatic carbocycles. The van der Waals surface area contributed by atoms with E-state index in [-0.39, 0.29) is 23.7 Å². The molecule has 0 saturated heterocycles. The Morgan fingerprint density at radius 3 is 2.55 bits per heavy atom. The molecule has 0 aromatic heterocycles. The Balaban J connectivity index is 2.87. The first-order chi connectivity index (χ1) is 9.43. The average Bonchev–Trinajstić information content (AvgIpc) is 2.38. The second-order valence-corrected chi connectivity index (χ2v) is 4.79. The van der Waals surface area contributed by atoms with Crippen LogP contribution in [0.5, 0.6) is 0 Å². The topological polar surface area (TPSA) is 50.7 Å². The summed E-state index contributed by atoms with van der Waals surface area (Å²) < 4.78 is 19.0. The summed E-state index contributed by atoms with van der Waals surface area (Å²) in [5, 5.41) is 2.52. The van der Waals surface area contributed by atoms with Gasteiger partial charge in [-0.3, -0.25) is 10.1 Å². The van der Waals surface area contributed by atoms with Crippen molar-refractivity contribution in [3.8, 4) is 0 Å². The van der Waals surface area contributed by atoms with Gasteiger partial charge in [0.15, 0.2) is 0 Å². The van der Waals surface area contributed by atoms with Crippen molar-refractivity contribution in [2.75, 3.05) is 0 Å². The number of hydrogen-bond acceptors (Lipinski definition) is 3. The van der Waals surface area contributed by atoms with Crippen molar-refractivity contribution in [3.63, 3.8) is 0 Å². The molecule has 0 unspecified atom stereocenters. The average molecular weight is 280 g/mol. The van der Waals surface area contributed by atoms with E-state index < -0.39 is 11.7 Å². The third kappa shape index (κ3) is 4.99. The Labute approximate surface area is 119 Å². The first kappa shape index (κ1) is 16.1. The molecule has 1 N–H and O–H groups in total. The van der Waals surface area contributed by atoms with Crippen molar-refractivity contribution in [3.05, 3.63) is 35.6 Å². The number of amidine groups is 1. The predicted molar refractivity (Wildman–Crippen MR) is 77.3 cm³/mol. The second kappa shape index (κ2) is 7.62. The molecule has 0 fully saturated rings. The highest BCUT2D eigenvalue weighted by atomic mass is 19.1. The van der Waals surface area contributed by atoms with Crippen LogP contribution < -0.4 is 5.32 Å². The van der Waals surface area contributed by atoms with Crippen molar-refractivity contribution < 1.29 is 13.9 Å². The predicted octanol–water partition coefficient (Wildman–Crippen LogP) is 3.14. The number of aliphatic imine (C=N–C) groups is 1. The lowest BCUT2D eigenvalue weighted by Crippen LogP contribution is -2.35. The molecule has 0 radical (unpaired) electrons. The van der Waals surface area contributed by atoms with Gasteiger partial charge in [0.25, 0.3) is 11.9 Å². The lowest BCUT2D eigenvalue weighted by molar-refractivity contribution is 0.0955. The van der Waals surface area contributed by atoms with Crippen molar-refractivity contribution in [1.82, 2.24) is 5.32 Å². The van der Waals surface area contributed by atoms with E-state index in [0.717, 1.165) is 6.42 Å². The summed E-state index contributed by atoms with van der Waals surface area (Å²) in [6.07, 6.45) is 0.694.